The molecule has 5 heteroatoms. The van der Waals surface area contributed by atoms with Crippen LogP contribution in [0.2, 0.25) is 0 Å². The largest absolute Gasteiger partial charge is 0.391 e. The lowest BCUT2D eigenvalue weighted by Gasteiger charge is -2.12. The molecule has 0 saturated carbocycles. The number of hydrogen-bond acceptors (Lipinski definition) is 3. The van der Waals surface area contributed by atoms with Crippen LogP contribution in [0.1, 0.15) is 21.5 Å². The van der Waals surface area contributed by atoms with Crippen molar-refractivity contribution in [3.05, 3.63) is 71.0 Å². The quantitative estimate of drug-likeness (QED) is 0.824. The highest BCUT2D eigenvalue weighted by Gasteiger charge is 2.12. The van der Waals surface area contributed by atoms with E-state index >= 15 is 0 Å². The predicted molar refractivity (Wildman–Crippen MR) is 85.6 cm³/mol. The Kier molecular flexibility index (Phi) is 6.26. The van der Waals surface area contributed by atoms with Crippen LogP contribution in [-0.2, 0) is 17.8 Å². The van der Waals surface area contributed by atoms with Crippen molar-refractivity contribution in [2.45, 2.75) is 19.1 Å². The number of aliphatic hydroxyl groups is 1. The van der Waals surface area contributed by atoms with Gasteiger partial charge in [-0.2, -0.15) is 0 Å². The van der Waals surface area contributed by atoms with Crippen LogP contribution >= 0.6 is 0 Å². The molecule has 4 nitrogen and oxygen atoms in total. The normalized spacial score (nSPS) is 12.0. The molecule has 0 heterocycles. The number of ether oxygens (including phenoxy) is 1. The molecule has 122 valence electrons. The van der Waals surface area contributed by atoms with Crippen LogP contribution in [0.4, 0.5) is 4.39 Å². The molecule has 2 aromatic rings. The summed E-state index contributed by atoms with van der Waals surface area (Å²) in [6, 6.07) is 13.6. The van der Waals surface area contributed by atoms with Gasteiger partial charge in [0.2, 0.25) is 0 Å². The van der Waals surface area contributed by atoms with Gasteiger partial charge in [-0.05, 0) is 23.8 Å². The van der Waals surface area contributed by atoms with Crippen molar-refractivity contribution >= 4 is 5.91 Å². The van der Waals surface area contributed by atoms with Gasteiger partial charge in [-0.25, -0.2) is 4.39 Å². The van der Waals surface area contributed by atoms with Crippen LogP contribution in [0.15, 0.2) is 48.5 Å². The standard InChI is InChI=1S/C18H20FNO3/c1-23-12-15-10-14(7-8-17(15)19)18(22)20-11-16(21)9-13-5-3-2-4-6-13/h2-8,10,16,21H,9,11-12H2,1H3,(H,20,22). The fourth-order valence-corrected chi connectivity index (χ4v) is 2.25. The van der Waals surface area contributed by atoms with Gasteiger partial charge in [0.1, 0.15) is 5.82 Å². The van der Waals surface area contributed by atoms with E-state index in [0.717, 1.165) is 5.56 Å². The lowest BCUT2D eigenvalue weighted by atomic mass is 10.1. The molecule has 0 aliphatic rings. The van der Waals surface area contributed by atoms with Gasteiger partial charge < -0.3 is 15.2 Å². The molecule has 0 fully saturated rings. The number of aliphatic hydroxyl groups excluding tert-OH is 1. The summed E-state index contributed by atoms with van der Waals surface area (Å²) >= 11 is 0. The molecule has 0 aromatic heterocycles. The summed E-state index contributed by atoms with van der Waals surface area (Å²) in [4.78, 5) is 12.1. The molecule has 2 N–H and O–H groups in total. The highest BCUT2D eigenvalue weighted by Crippen LogP contribution is 2.12. The van der Waals surface area contributed by atoms with Crippen LogP contribution in [0, 0.1) is 5.82 Å². The van der Waals surface area contributed by atoms with Crippen molar-refractivity contribution in [3.8, 4) is 0 Å². The highest BCUT2D eigenvalue weighted by atomic mass is 19.1. The summed E-state index contributed by atoms with van der Waals surface area (Å²) in [5.41, 5.74) is 1.66. The Morgan fingerprint density at radius 3 is 2.70 bits per heavy atom. The zero-order chi connectivity index (χ0) is 16.7. The SMILES string of the molecule is COCc1cc(C(=O)NCC(O)Cc2ccccc2)ccc1F. The Hall–Kier alpha value is -2.24. The number of amides is 1. The first-order valence-electron chi connectivity index (χ1n) is 7.37. The molecule has 0 aliphatic heterocycles. The Morgan fingerprint density at radius 1 is 1.26 bits per heavy atom. The number of carbonyl (C=O) groups is 1. The van der Waals surface area contributed by atoms with Gasteiger partial charge in [-0.15, -0.1) is 0 Å². The molecular weight excluding hydrogens is 297 g/mol. The molecule has 1 amide bonds. The number of carbonyl (C=O) groups excluding carboxylic acids is 1. The van der Waals surface area contributed by atoms with Crippen LogP contribution in [0.5, 0.6) is 0 Å². The minimum Gasteiger partial charge on any atom is -0.391 e. The van der Waals surface area contributed by atoms with Crippen LogP contribution in [0.25, 0.3) is 0 Å². The molecule has 0 radical (unpaired) electrons. The fraction of sp³-hybridized carbons (Fsp3) is 0.278. The van der Waals surface area contributed by atoms with Gasteiger partial charge >= 0.3 is 0 Å². The van der Waals surface area contributed by atoms with E-state index in [4.69, 9.17) is 4.74 Å². The zero-order valence-electron chi connectivity index (χ0n) is 13.0. The van der Waals surface area contributed by atoms with Gasteiger partial charge in [0, 0.05) is 31.2 Å². The lowest BCUT2D eigenvalue weighted by molar-refractivity contribution is 0.0915. The molecule has 0 saturated heterocycles. The minimum absolute atomic E-state index is 0.101. The maximum atomic E-state index is 13.5. The third kappa shape index (κ3) is 5.16. The molecule has 2 rings (SSSR count). The average molecular weight is 317 g/mol. The lowest BCUT2D eigenvalue weighted by Crippen LogP contribution is -2.33. The van der Waals surface area contributed by atoms with E-state index < -0.39 is 11.9 Å². The topological polar surface area (TPSA) is 58.6 Å². The second-order valence-electron chi connectivity index (χ2n) is 5.29. The Morgan fingerprint density at radius 2 is 2.00 bits per heavy atom. The first-order valence-corrected chi connectivity index (χ1v) is 7.37. The van der Waals surface area contributed by atoms with Crippen molar-refractivity contribution in [1.29, 1.82) is 0 Å². The van der Waals surface area contributed by atoms with Crippen molar-refractivity contribution in [2.24, 2.45) is 0 Å². The molecule has 1 atom stereocenters. The summed E-state index contributed by atoms with van der Waals surface area (Å²) in [5.74, 6) is -0.762. The average Bonchev–Trinajstić information content (AvgIpc) is 2.56. The first-order chi connectivity index (χ1) is 11.1. The van der Waals surface area contributed by atoms with E-state index in [9.17, 15) is 14.3 Å². The van der Waals surface area contributed by atoms with Gasteiger partial charge in [-0.3, -0.25) is 4.79 Å². The van der Waals surface area contributed by atoms with E-state index in [-0.39, 0.29) is 19.1 Å². The number of rotatable bonds is 7. The van der Waals surface area contributed by atoms with Crippen molar-refractivity contribution in [2.75, 3.05) is 13.7 Å². The molecule has 0 spiro atoms. The van der Waals surface area contributed by atoms with Crippen LogP contribution in [-0.4, -0.2) is 30.8 Å². The monoisotopic (exact) mass is 317 g/mol. The fourth-order valence-electron chi connectivity index (χ4n) is 2.25. The maximum absolute atomic E-state index is 13.5. The number of halogens is 1. The van der Waals surface area contributed by atoms with Crippen molar-refractivity contribution < 1.29 is 19.0 Å². The van der Waals surface area contributed by atoms with Crippen LogP contribution < -0.4 is 5.32 Å². The molecular formula is C18H20FNO3. The molecule has 1 unspecified atom stereocenters. The second kappa shape index (κ2) is 8.41. The number of benzene rings is 2. The van der Waals surface area contributed by atoms with Gasteiger partial charge in [0.05, 0.1) is 12.7 Å². The Labute approximate surface area is 134 Å². The van der Waals surface area contributed by atoms with Crippen LogP contribution in [0.3, 0.4) is 0 Å². The second-order valence-corrected chi connectivity index (χ2v) is 5.29. The summed E-state index contributed by atoms with van der Waals surface area (Å²) in [6.07, 6.45) is -0.223. The molecule has 0 aliphatic carbocycles. The van der Waals surface area contributed by atoms with Crippen molar-refractivity contribution in [1.82, 2.24) is 5.32 Å². The van der Waals surface area contributed by atoms with E-state index in [1.165, 1.54) is 25.3 Å². The van der Waals surface area contributed by atoms with Gasteiger partial charge in [-0.1, -0.05) is 30.3 Å². The molecule has 23 heavy (non-hydrogen) atoms. The first kappa shape index (κ1) is 17.1. The maximum Gasteiger partial charge on any atom is 0.251 e. The van der Waals surface area contributed by atoms with Gasteiger partial charge in [0.15, 0.2) is 0 Å². The highest BCUT2D eigenvalue weighted by molar-refractivity contribution is 5.94. The van der Waals surface area contributed by atoms with E-state index in [1.807, 2.05) is 30.3 Å². The van der Waals surface area contributed by atoms with Crippen molar-refractivity contribution in [3.63, 3.8) is 0 Å². The van der Waals surface area contributed by atoms with Gasteiger partial charge in [0.25, 0.3) is 5.91 Å². The minimum atomic E-state index is -0.680. The number of nitrogens with one attached hydrogen (secondary N) is 1. The Balaban J connectivity index is 1.90. The summed E-state index contributed by atoms with van der Waals surface area (Å²) < 4.78 is 18.4. The van der Waals surface area contributed by atoms with E-state index in [0.29, 0.717) is 17.5 Å². The van der Waals surface area contributed by atoms with E-state index in [1.54, 1.807) is 0 Å². The van der Waals surface area contributed by atoms with E-state index in [2.05, 4.69) is 5.32 Å². The summed E-state index contributed by atoms with van der Waals surface area (Å²) in [5, 5.41) is 12.6. The number of methoxy groups -OCH3 is 1. The summed E-state index contributed by atoms with van der Waals surface area (Å²) in [7, 11) is 1.46. The number of hydrogen-bond donors (Lipinski definition) is 2. The molecule has 2 aromatic carbocycles. The Bertz CT molecular complexity index is 646. The smallest absolute Gasteiger partial charge is 0.251 e. The zero-order valence-corrected chi connectivity index (χ0v) is 13.0. The predicted octanol–water partition coefficient (Wildman–Crippen LogP) is 2.31. The summed E-state index contributed by atoms with van der Waals surface area (Å²) in [6.45, 7) is 0.230. The third-order valence-corrected chi connectivity index (χ3v) is 3.42. The molecule has 0 bridgehead atoms. The third-order valence-electron chi connectivity index (χ3n) is 3.42.